The minimum absolute atomic E-state index is 0.260. The van der Waals surface area contributed by atoms with Crippen molar-refractivity contribution >= 4 is 60.8 Å². The van der Waals surface area contributed by atoms with E-state index in [1.807, 2.05) is 0 Å². The van der Waals surface area contributed by atoms with E-state index in [-0.39, 0.29) is 11.3 Å². The summed E-state index contributed by atoms with van der Waals surface area (Å²) in [6.45, 7) is 2.38. The van der Waals surface area contributed by atoms with E-state index in [1.54, 1.807) is 0 Å². The van der Waals surface area contributed by atoms with E-state index in [2.05, 4.69) is 153 Å². The number of benzene rings is 7. The van der Waals surface area contributed by atoms with Crippen molar-refractivity contribution in [3.8, 4) is 11.1 Å². The number of halogens is 1. The smallest absolute Gasteiger partial charge is 0.0531 e. The standard InChI is InChI=1S/C46H33Cl/c1-28-13-5-11-21-41(28)46(29-14-3-2-4-15-29)42-22-12-10-18-34(42)38-26-40-37(27-43(38)46)33-24-23-30(47)25-39(33)44-35-19-8-6-16-31(35)32-17-7-9-20-36(32)45(40)44/h2-6,8-16,18-28,41H,7,17H2,1H3. The van der Waals surface area contributed by atoms with Gasteiger partial charge in [-0.2, -0.15) is 0 Å². The van der Waals surface area contributed by atoms with E-state index in [0.29, 0.717) is 5.92 Å². The number of hydrogen-bond acceptors (Lipinski definition) is 0. The van der Waals surface area contributed by atoms with Crippen LogP contribution in [0, 0.1) is 11.8 Å². The quantitative estimate of drug-likeness (QED) is 0.169. The SMILES string of the molecule is CC1C=CC=CC1C1(c2ccccc2)c2ccccc2-c2cc3c(cc21)c1ccc(Cl)cc1c1c2ccccc2c2c(c31)C=CCC2. The molecule has 3 unspecified atom stereocenters. The third-order valence-electron chi connectivity index (χ3n) is 11.4. The molecule has 0 saturated heterocycles. The van der Waals surface area contributed by atoms with E-state index >= 15 is 0 Å². The van der Waals surface area contributed by atoms with Crippen LogP contribution in [-0.4, -0.2) is 0 Å². The van der Waals surface area contributed by atoms with Crippen molar-refractivity contribution in [2.45, 2.75) is 25.2 Å². The second kappa shape index (κ2) is 10.0. The van der Waals surface area contributed by atoms with Gasteiger partial charge in [0.25, 0.3) is 0 Å². The van der Waals surface area contributed by atoms with Crippen LogP contribution in [0.15, 0.2) is 140 Å². The third-order valence-corrected chi connectivity index (χ3v) is 11.6. The molecule has 0 N–H and O–H groups in total. The van der Waals surface area contributed by atoms with Crippen molar-refractivity contribution in [2.24, 2.45) is 11.8 Å². The Morgan fingerprint density at radius 2 is 1.38 bits per heavy atom. The number of fused-ring (bicyclic) bond motifs is 14. The number of allylic oxidation sites excluding steroid dienone is 5. The van der Waals surface area contributed by atoms with Crippen LogP contribution in [0.1, 0.15) is 41.2 Å². The maximum absolute atomic E-state index is 6.83. The molecule has 3 aliphatic rings. The zero-order chi connectivity index (χ0) is 31.3. The summed E-state index contributed by atoms with van der Waals surface area (Å²) in [5, 5.41) is 11.2. The zero-order valence-electron chi connectivity index (χ0n) is 26.3. The summed E-state index contributed by atoms with van der Waals surface area (Å²) < 4.78 is 0. The average Bonchev–Trinajstić information content (AvgIpc) is 3.41. The summed E-state index contributed by atoms with van der Waals surface area (Å²) in [5.74, 6) is 0.626. The van der Waals surface area contributed by atoms with Crippen LogP contribution in [0.2, 0.25) is 5.02 Å². The van der Waals surface area contributed by atoms with Crippen LogP contribution in [0.3, 0.4) is 0 Å². The van der Waals surface area contributed by atoms with Crippen LogP contribution in [0.25, 0.3) is 60.3 Å². The lowest BCUT2D eigenvalue weighted by atomic mass is 9.59. The molecule has 0 fully saturated rings. The highest BCUT2D eigenvalue weighted by Crippen LogP contribution is 2.60. The lowest BCUT2D eigenvalue weighted by Crippen LogP contribution is -2.38. The van der Waals surface area contributed by atoms with E-state index < -0.39 is 0 Å². The Morgan fingerprint density at radius 1 is 0.617 bits per heavy atom. The maximum atomic E-state index is 6.83. The molecule has 7 aromatic carbocycles. The molecule has 3 atom stereocenters. The van der Waals surface area contributed by atoms with Gasteiger partial charge in [-0.25, -0.2) is 0 Å². The van der Waals surface area contributed by atoms with Crippen molar-refractivity contribution in [3.05, 3.63) is 172 Å². The molecule has 0 nitrogen and oxygen atoms in total. The molecule has 7 aromatic rings. The van der Waals surface area contributed by atoms with Crippen molar-refractivity contribution in [2.75, 3.05) is 0 Å². The first kappa shape index (κ1) is 27.2. The summed E-state index contributed by atoms with van der Waals surface area (Å²) in [6.07, 6.45) is 16.2. The fraction of sp³-hybridized carbons (Fsp3) is 0.130. The summed E-state index contributed by atoms with van der Waals surface area (Å²) in [6, 6.07) is 41.1. The highest BCUT2D eigenvalue weighted by Gasteiger charge is 2.50. The van der Waals surface area contributed by atoms with Gasteiger partial charge >= 0.3 is 0 Å². The Bertz CT molecular complexity index is 2550. The van der Waals surface area contributed by atoms with Crippen molar-refractivity contribution in [3.63, 3.8) is 0 Å². The Morgan fingerprint density at radius 3 is 2.26 bits per heavy atom. The predicted molar refractivity (Wildman–Crippen MR) is 202 cm³/mol. The molecule has 47 heavy (non-hydrogen) atoms. The minimum atomic E-state index is -0.335. The molecular formula is C46H33Cl. The van der Waals surface area contributed by atoms with E-state index in [0.717, 1.165) is 17.9 Å². The van der Waals surface area contributed by atoms with E-state index in [4.69, 9.17) is 11.6 Å². The molecule has 1 heteroatoms. The molecule has 0 aromatic heterocycles. The molecule has 0 heterocycles. The fourth-order valence-electron chi connectivity index (χ4n) is 9.54. The van der Waals surface area contributed by atoms with Gasteiger partial charge < -0.3 is 0 Å². The first-order chi connectivity index (χ1) is 23.2. The van der Waals surface area contributed by atoms with Gasteiger partial charge in [-0.3, -0.25) is 0 Å². The molecule has 224 valence electrons. The van der Waals surface area contributed by atoms with Crippen molar-refractivity contribution in [1.29, 1.82) is 0 Å². The van der Waals surface area contributed by atoms with Crippen LogP contribution >= 0.6 is 11.6 Å². The summed E-state index contributed by atoms with van der Waals surface area (Å²) in [5.41, 5.74) is 9.34. The van der Waals surface area contributed by atoms with Gasteiger partial charge in [-0.05, 0) is 125 Å². The Kier molecular flexibility index (Phi) is 5.82. The third kappa shape index (κ3) is 3.60. The molecule has 0 bridgehead atoms. The largest absolute Gasteiger partial charge is 0.0843 e. The van der Waals surface area contributed by atoms with Gasteiger partial charge in [0.1, 0.15) is 0 Å². The molecule has 0 saturated carbocycles. The average molecular weight is 621 g/mol. The molecule has 10 rings (SSSR count). The summed E-state index contributed by atoms with van der Waals surface area (Å²) in [4.78, 5) is 0. The zero-order valence-corrected chi connectivity index (χ0v) is 27.1. The molecule has 0 amide bonds. The van der Waals surface area contributed by atoms with Gasteiger partial charge in [-0.1, -0.05) is 140 Å². The van der Waals surface area contributed by atoms with E-state index in [9.17, 15) is 0 Å². The Labute approximate surface area is 280 Å². The number of rotatable bonds is 2. The lowest BCUT2D eigenvalue weighted by Gasteiger charge is -2.42. The molecular weight excluding hydrogens is 588 g/mol. The number of hydrogen-bond donors (Lipinski definition) is 0. The van der Waals surface area contributed by atoms with E-state index in [1.165, 1.54) is 82.0 Å². The van der Waals surface area contributed by atoms with Crippen LogP contribution < -0.4 is 0 Å². The molecule has 0 spiro atoms. The summed E-state index contributed by atoms with van der Waals surface area (Å²) in [7, 11) is 0. The topological polar surface area (TPSA) is 0 Å². The molecule has 0 radical (unpaired) electrons. The molecule has 3 aliphatic carbocycles. The normalized spacial score (nSPS) is 21.1. The van der Waals surface area contributed by atoms with Gasteiger partial charge in [0, 0.05) is 10.9 Å². The van der Waals surface area contributed by atoms with Gasteiger partial charge in [-0.15, -0.1) is 0 Å². The second-order valence-corrected chi connectivity index (χ2v) is 14.1. The van der Waals surface area contributed by atoms with Gasteiger partial charge in [0.15, 0.2) is 0 Å². The summed E-state index contributed by atoms with van der Waals surface area (Å²) >= 11 is 6.83. The highest BCUT2D eigenvalue weighted by atomic mass is 35.5. The molecule has 0 aliphatic heterocycles. The van der Waals surface area contributed by atoms with Gasteiger partial charge in [0.2, 0.25) is 0 Å². The fourth-order valence-corrected chi connectivity index (χ4v) is 9.71. The van der Waals surface area contributed by atoms with Crippen LogP contribution in [-0.2, 0) is 11.8 Å². The van der Waals surface area contributed by atoms with Crippen LogP contribution in [0.4, 0.5) is 0 Å². The maximum Gasteiger partial charge on any atom is 0.0531 e. The number of aryl methyl sites for hydroxylation is 1. The minimum Gasteiger partial charge on any atom is -0.0843 e. The van der Waals surface area contributed by atoms with Crippen molar-refractivity contribution in [1.82, 2.24) is 0 Å². The predicted octanol–water partition coefficient (Wildman–Crippen LogP) is 12.6. The Balaban J connectivity index is 1.45. The van der Waals surface area contributed by atoms with Gasteiger partial charge in [0.05, 0.1) is 5.41 Å². The Hall–Kier alpha value is -4.91. The first-order valence-electron chi connectivity index (χ1n) is 16.9. The van der Waals surface area contributed by atoms with Crippen LogP contribution in [0.5, 0.6) is 0 Å². The lowest BCUT2D eigenvalue weighted by molar-refractivity contribution is 0.374. The highest BCUT2D eigenvalue weighted by molar-refractivity contribution is 6.37. The first-order valence-corrected chi connectivity index (χ1v) is 17.3. The van der Waals surface area contributed by atoms with Crippen molar-refractivity contribution < 1.29 is 0 Å². The monoisotopic (exact) mass is 620 g/mol. The second-order valence-electron chi connectivity index (χ2n) is 13.6.